The number of nitrogens with one attached hydrogen (secondary N) is 2. The lowest BCUT2D eigenvalue weighted by atomic mass is 10.2. The molecule has 0 spiro atoms. The van der Waals surface area contributed by atoms with Crippen LogP contribution in [0.5, 0.6) is 5.75 Å². The van der Waals surface area contributed by atoms with Crippen molar-refractivity contribution in [1.29, 1.82) is 0 Å². The highest BCUT2D eigenvalue weighted by Gasteiger charge is 2.04. The minimum absolute atomic E-state index is 0.00359. The number of carbonyl (C=O) groups excluding carboxylic acids is 1. The van der Waals surface area contributed by atoms with Crippen molar-refractivity contribution in [3.63, 3.8) is 0 Å². The van der Waals surface area contributed by atoms with Crippen molar-refractivity contribution in [2.45, 2.75) is 19.9 Å². The number of amides is 1. The summed E-state index contributed by atoms with van der Waals surface area (Å²) < 4.78 is 5.43. The van der Waals surface area contributed by atoms with E-state index in [-0.39, 0.29) is 12.5 Å². The third kappa shape index (κ3) is 5.94. The van der Waals surface area contributed by atoms with Crippen LogP contribution in [0.3, 0.4) is 0 Å². The summed E-state index contributed by atoms with van der Waals surface area (Å²) in [6, 6.07) is 7.63. The van der Waals surface area contributed by atoms with Crippen molar-refractivity contribution in [2.75, 3.05) is 19.7 Å². The van der Waals surface area contributed by atoms with Crippen molar-refractivity contribution >= 4 is 5.91 Å². The van der Waals surface area contributed by atoms with E-state index in [1.165, 1.54) is 0 Å². The van der Waals surface area contributed by atoms with Crippen LogP contribution in [0.4, 0.5) is 0 Å². The summed E-state index contributed by atoms with van der Waals surface area (Å²) in [5.74, 6) is 3.19. The van der Waals surface area contributed by atoms with Gasteiger partial charge in [-0.2, -0.15) is 0 Å². The molecule has 0 aromatic heterocycles. The highest BCUT2D eigenvalue weighted by Crippen LogP contribution is 2.17. The van der Waals surface area contributed by atoms with Gasteiger partial charge in [0.2, 0.25) is 5.91 Å². The minimum Gasteiger partial charge on any atom is -0.481 e. The fourth-order valence-corrected chi connectivity index (χ4v) is 1.55. The van der Waals surface area contributed by atoms with Gasteiger partial charge in [0.15, 0.2) is 0 Å². The normalized spacial score (nSPS) is 9.68. The van der Waals surface area contributed by atoms with Crippen LogP contribution in [0.15, 0.2) is 24.3 Å². The van der Waals surface area contributed by atoms with Crippen molar-refractivity contribution in [3.05, 3.63) is 29.8 Å². The monoisotopic (exact) mass is 260 g/mol. The van der Waals surface area contributed by atoms with Crippen LogP contribution in [0.2, 0.25) is 0 Å². The third-order valence-electron chi connectivity index (χ3n) is 2.46. The van der Waals surface area contributed by atoms with Gasteiger partial charge in [0, 0.05) is 18.7 Å². The molecule has 0 aliphatic carbocycles. The Morgan fingerprint density at radius 2 is 2.21 bits per heavy atom. The molecule has 4 nitrogen and oxygen atoms in total. The number of hydrogen-bond donors (Lipinski definition) is 2. The average molecular weight is 260 g/mol. The van der Waals surface area contributed by atoms with Gasteiger partial charge in [-0.1, -0.05) is 31.0 Å². The number of hydrogen-bond acceptors (Lipinski definition) is 3. The average Bonchev–Trinajstić information content (AvgIpc) is 2.44. The molecule has 0 radical (unpaired) electrons. The number of rotatable bonds is 8. The summed E-state index contributed by atoms with van der Waals surface area (Å²) in [6.45, 7) is 3.84. The summed E-state index contributed by atoms with van der Waals surface area (Å²) in [5.41, 5.74) is 0.987. The Balaban J connectivity index is 2.40. The van der Waals surface area contributed by atoms with Crippen molar-refractivity contribution < 1.29 is 9.53 Å². The topological polar surface area (TPSA) is 50.4 Å². The maximum Gasteiger partial charge on any atom is 0.233 e. The Bertz CT molecular complexity index is 438. The lowest BCUT2D eigenvalue weighted by Gasteiger charge is -2.10. The second-order valence-corrected chi connectivity index (χ2v) is 4.05. The third-order valence-corrected chi connectivity index (χ3v) is 2.46. The fourth-order valence-electron chi connectivity index (χ4n) is 1.55. The number of para-hydroxylation sites is 1. The summed E-state index contributed by atoms with van der Waals surface area (Å²) >= 11 is 0. The fraction of sp³-hybridized carbons (Fsp3) is 0.400. The van der Waals surface area contributed by atoms with E-state index >= 15 is 0 Å². The van der Waals surface area contributed by atoms with Gasteiger partial charge in [0.1, 0.15) is 12.4 Å². The van der Waals surface area contributed by atoms with Gasteiger partial charge >= 0.3 is 0 Å². The molecule has 19 heavy (non-hydrogen) atoms. The Morgan fingerprint density at radius 1 is 1.42 bits per heavy atom. The van der Waals surface area contributed by atoms with Crippen LogP contribution in [-0.4, -0.2) is 25.6 Å². The summed E-state index contributed by atoms with van der Waals surface area (Å²) in [7, 11) is 0. The molecule has 0 fully saturated rings. The van der Waals surface area contributed by atoms with Crippen LogP contribution >= 0.6 is 0 Å². The SMILES string of the molecule is C#CCOc1ccccc1CNCC(=O)NCCC. The van der Waals surface area contributed by atoms with Crippen LogP contribution < -0.4 is 15.4 Å². The Labute approximate surface area is 114 Å². The molecule has 0 atom stereocenters. The molecule has 0 unspecified atom stereocenters. The first-order valence-corrected chi connectivity index (χ1v) is 6.39. The molecule has 102 valence electrons. The number of terminal acetylenes is 1. The highest BCUT2D eigenvalue weighted by atomic mass is 16.5. The van der Waals surface area contributed by atoms with Gasteiger partial charge in [0.05, 0.1) is 6.54 Å². The summed E-state index contributed by atoms with van der Waals surface area (Å²) in [6.07, 6.45) is 6.11. The molecule has 2 N–H and O–H groups in total. The molecule has 1 rings (SSSR count). The first-order valence-electron chi connectivity index (χ1n) is 6.39. The van der Waals surface area contributed by atoms with Crippen LogP contribution in [-0.2, 0) is 11.3 Å². The van der Waals surface area contributed by atoms with Crippen LogP contribution in [0, 0.1) is 12.3 Å². The van der Waals surface area contributed by atoms with E-state index in [9.17, 15) is 4.79 Å². The molecule has 0 bridgehead atoms. The Kier molecular flexibility index (Phi) is 7.14. The van der Waals surface area contributed by atoms with Gasteiger partial charge in [-0.15, -0.1) is 6.42 Å². The smallest absolute Gasteiger partial charge is 0.233 e. The zero-order chi connectivity index (χ0) is 13.9. The van der Waals surface area contributed by atoms with Crippen LogP contribution in [0.1, 0.15) is 18.9 Å². The molecule has 0 saturated heterocycles. The molecule has 0 saturated carbocycles. The van der Waals surface area contributed by atoms with Gasteiger partial charge < -0.3 is 15.4 Å². The highest BCUT2D eigenvalue weighted by molar-refractivity contribution is 5.77. The molecule has 0 heterocycles. The zero-order valence-electron chi connectivity index (χ0n) is 11.2. The lowest BCUT2D eigenvalue weighted by Crippen LogP contribution is -2.34. The summed E-state index contributed by atoms with van der Waals surface area (Å²) in [4.78, 5) is 11.4. The van der Waals surface area contributed by atoms with E-state index in [4.69, 9.17) is 11.2 Å². The molecule has 1 amide bonds. The maximum absolute atomic E-state index is 11.4. The first kappa shape index (κ1) is 15.1. The number of benzene rings is 1. The van der Waals surface area contributed by atoms with E-state index in [0.29, 0.717) is 19.6 Å². The van der Waals surface area contributed by atoms with Gasteiger partial charge in [-0.05, 0) is 12.5 Å². The largest absolute Gasteiger partial charge is 0.481 e. The zero-order valence-corrected chi connectivity index (χ0v) is 11.2. The number of carbonyl (C=O) groups is 1. The van der Waals surface area contributed by atoms with E-state index in [1.54, 1.807) is 0 Å². The van der Waals surface area contributed by atoms with Crippen molar-refractivity contribution in [3.8, 4) is 18.1 Å². The van der Waals surface area contributed by atoms with Gasteiger partial charge in [-0.3, -0.25) is 4.79 Å². The van der Waals surface area contributed by atoms with Gasteiger partial charge in [0.25, 0.3) is 0 Å². The predicted octanol–water partition coefficient (Wildman–Crippen LogP) is 1.31. The van der Waals surface area contributed by atoms with E-state index in [0.717, 1.165) is 17.7 Å². The summed E-state index contributed by atoms with van der Waals surface area (Å²) in [5, 5.41) is 5.89. The molecular weight excluding hydrogens is 240 g/mol. The molecule has 1 aromatic rings. The lowest BCUT2D eigenvalue weighted by molar-refractivity contribution is -0.120. The Morgan fingerprint density at radius 3 is 2.95 bits per heavy atom. The molecular formula is C15H20N2O2. The molecule has 0 aliphatic rings. The van der Waals surface area contributed by atoms with Crippen molar-refractivity contribution in [2.24, 2.45) is 0 Å². The standard InChI is InChI=1S/C15H20N2O2/c1-3-9-17-15(18)12-16-11-13-7-5-6-8-14(13)19-10-4-2/h2,5-8,16H,3,9-12H2,1H3,(H,17,18). The molecule has 0 aliphatic heterocycles. The van der Waals surface area contributed by atoms with Crippen LogP contribution in [0.25, 0.3) is 0 Å². The second kappa shape index (κ2) is 9.01. The second-order valence-electron chi connectivity index (χ2n) is 4.05. The minimum atomic E-state index is 0.00359. The Hall–Kier alpha value is -1.99. The molecule has 1 aromatic carbocycles. The van der Waals surface area contributed by atoms with E-state index in [2.05, 4.69) is 16.6 Å². The number of ether oxygens (including phenoxy) is 1. The quantitative estimate of drug-likeness (QED) is 0.693. The van der Waals surface area contributed by atoms with E-state index in [1.807, 2.05) is 31.2 Å². The van der Waals surface area contributed by atoms with Crippen molar-refractivity contribution in [1.82, 2.24) is 10.6 Å². The van der Waals surface area contributed by atoms with Gasteiger partial charge in [-0.25, -0.2) is 0 Å². The van der Waals surface area contributed by atoms with E-state index < -0.39 is 0 Å². The first-order chi connectivity index (χ1) is 9.27. The maximum atomic E-state index is 11.4. The predicted molar refractivity (Wildman–Crippen MR) is 75.8 cm³/mol. The molecule has 4 heteroatoms.